The molecule has 2 N–H and O–H groups in total. The molecule has 160 valence electrons. The number of aromatic nitrogens is 2. The average molecular weight is 417 g/mol. The second-order valence-electron chi connectivity index (χ2n) is 8.31. The quantitative estimate of drug-likeness (QED) is 0.508. The fourth-order valence-electron chi connectivity index (χ4n) is 4.15. The molecular weight excluding hydrogens is 380 g/mol. The van der Waals surface area contributed by atoms with Gasteiger partial charge >= 0.3 is 0 Å². The Bertz CT molecular complexity index is 751. The largest absolute Gasteiger partial charge is 0.357 e. The zero-order chi connectivity index (χ0) is 20.6. The first-order valence-corrected chi connectivity index (χ1v) is 11.7. The van der Waals surface area contributed by atoms with Gasteiger partial charge in [-0.2, -0.15) is 0 Å². The predicted octanol–water partition coefficient (Wildman–Crippen LogP) is 3.74. The first kappa shape index (κ1) is 21.8. The van der Waals surface area contributed by atoms with Crippen LogP contribution in [0.2, 0.25) is 0 Å². The van der Waals surface area contributed by atoms with Crippen molar-refractivity contribution in [3.63, 3.8) is 0 Å². The number of aliphatic imine (C=N–C) groups is 1. The van der Waals surface area contributed by atoms with Crippen LogP contribution in [0.4, 0.5) is 0 Å². The molecule has 7 heteroatoms. The van der Waals surface area contributed by atoms with E-state index in [-0.39, 0.29) is 0 Å². The number of guanidine groups is 1. The molecule has 2 aromatic heterocycles. The van der Waals surface area contributed by atoms with Gasteiger partial charge in [-0.25, -0.2) is 9.98 Å². The third kappa shape index (κ3) is 6.06. The van der Waals surface area contributed by atoms with Crippen LogP contribution in [-0.4, -0.2) is 47.1 Å². The summed E-state index contributed by atoms with van der Waals surface area (Å²) in [4.78, 5) is 13.3. The molecule has 0 amide bonds. The summed E-state index contributed by atoms with van der Waals surface area (Å²) in [6.45, 7) is 11.1. The van der Waals surface area contributed by atoms with Gasteiger partial charge in [0.2, 0.25) is 0 Å². The van der Waals surface area contributed by atoms with Gasteiger partial charge in [-0.3, -0.25) is 4.90 Å². The number of thiophene rings is 1. The highest BCUT2D eigenvalue weighted by molar-refractivity contribution is 7.10. The first-order valence-electron chi connectivity index (χ1n) is 10.8. The summed E-state index contributed by atoms with van der Waals surface area (Å²) in [7, 11) is 2.25. The van der Waals surface area contributed by atoms with Gasteiger partial charge in [-0.05, 0) is 56.6 Å². The van der Waals surface area contributed by atoms with E-state index in [1.165, 1.54) is 24.3 Å². The Balaban J connectivity index is 1.64. The van der Waals surface area contributed by atoms with Crippen molar-refractivity contribution in [2.24, 2.45) is 16.8 Å². The molecule has 1 aliphatic rings. The zero-order valence-electron chi connectivity index (χ0n) is 18.3. The van der Waals surface area contributed by atoms with Gasteiger partial charge in [0, 0.05) is 42.9 Å². The Morgan fingerprint density at radius 1 is 1.38 bits per heavy atom. The highest BCUT2D eigenvalue weighted by Gasteiger charge is 2.31. The Morgan fingerprint density at radius 3 is 2.97 bits per heavy atom. The summed E-state index contributed by atoms with van der Waals surface area (Å²) in [6, 6.07) is 4.93. The van der Waals surface area contributed by atoms with Crippen LogP contribution >= 0.6 is 11.3 Å². The summed E-state index contributed by atoms with van der Waals surface area (Å²) in [5, 5.41) is 9.19. The molecule has 0 saturated carbocycles. The smallest absolute Gasteiger partial charge is 0.191 e. The first-order chi connectivity index (χ1) is 14.1. The third-order valence-corrected chi connectivity index (χ3v) is 6.40. The normalized spacial score (nSPS) is 20.9. The van der Waals surface area contributed by atoms with E-state index in [0.29, 0.717) is 24.4 Å². The highest BCUT2D eigenvalue weighted by atomic mass is 32.1. The highest BCUT2D eigenvalue weighted by Crippen LogP contribution is 2.36. The molecule has 2 unspecified atom stereocenters. The van der Waals surface area contributed by atoms with Crippen molar-refractivity contribution in [1.29, 1.82) is 0 Å². The molecule has 3 heterocycles. The number of rotatable bonds is 8. The van der Waals surface area contributed by atoms with Gasteiger partial charge in [0.05, 0.1) is 0 Å². The molecule has 0 spiro atoms. The summed E-state index contributed by atoms with van der Waals surface area (Å²) in [6.07, 6.45) is 6.43. The lowest BCUT2D eigenvalue weighted by Gasteiger charge is -2.39. The topological polar surface area (TPSA) is 57.5 Å². The molecule has 1 saturated heterocycles. The van der Waals surface area contributed by atoms with Crippen LogP contribution in [0, 0.1) is 11.8 Å². The Kier molecular flexibility index (Phi) is 8.12. The molecule has 0 bridgehead atoms. The Hall–Kier alpha value is -1.86. The van der Waals surface area contributed by atoms with E-state index in [1.807, 2.05) is 17.5 Å². The fraction of sp³-hybridized carbons (Fsp3) is 0.636. The Morgan fingerprint density at radius 2 is 2.24 bits per heavy atom. The van der Waals surface area contributed by atoms with Crippen molar-refractivity contribution >= 4 is 17.3 Å². The molecule has 3 rings (SSSR count). The summed E-state index contributed by atoms with van der Waals surface area (Å²) >= 11 is 1.87. The number of hydrogen-bond donors (Lipinski definition) is 2. The number of hydrogen-bond acceptors (Lipinski definition) is 4. The number of imidazole rings is 1. The van der Waals surface area contributed by atoms with Crippen LogP contribution in [0.1, 0.15) is 50.4 Å². The fourth-order valence-corrected chi connectivity index (χ4v) is 5.14. The number of nitrogens with one attached hydrogen (secondary N) is 2. The monoisotopic (exact) mass is 416 g/mol. The van der Waals surface area contributed by atoms with Gasteiger partial charge in [0.15, 0.2) is 5.96 Å². The lowest BCUT2D eigenvalue weighted by Crippen LogP contribution is -2.44. The molecule has 0 aromatic carbocycles. The van der Waals surface area contributed by atoms with Crippen LogP contribution < -0.4 is 10.6 Å². The average Bonchev–Trinajstić information content (AvgIpc) is 3.36. The molecule has 29 heavy (non-hydrogen) atoms. The second kappa shape index (κ2) is 10.8. The van der Waals surface area contributed by atoms with Crippen molar-refractivity contribution in [3.05, 3.63) is 40.6 Å². The van der Waals surface area contributed by atoms with E-state index >= 15 is 0 Å². The van der Waals surface area contributed by atoms with Crippen molar-refractivity contribution in [2.45, 2.75) is 52.7 Å². The van der Waals surface area contributed by atoms with E-state index in [0.717, 1.165) is 31.4 Å². The summed E-state index contributed by atoms with van der Waals surface area (Å²) in [5.41, 5.74) is 0. The van der Waals surface area contributed by atoms with E-state index in [4.69, 9.17) is 4.99 Å². The maximum absolute atomic E-state index is 4.82. The van der Waals surface area contributed by atoms with E-state index < -0.39 is 0 Å². The number of piperidine rings is 1. The molecule has 2 aromatic rings. The molecule has 0 aliphatic carbocycles. The predicted molar refractivity (Wildman–Crippen MR) is 122 cm³/mol. The standard InChI is InChI=1S/C22H36N6S/c1-5-23-22(26-15-20-24-10-12-28(20)16-17(2)3)25-14-18-8-6-11-27(4)21(18)19-9-7-13-29-19/h7,9-10,12-13,17-18,21H,5-6,8,11,14-16H2,1-4H3,(H2,23,25,26). The number of nitrogens with zero attached hydrogens (tertiary/aromatic N) is 4. The van der Waals surface area contributed by atoms with Gasteiger partial charge in [-0.15, -0.1) is 11.3 Å². The van der Waals surface area contributed by atoms with Crippen molar-refractivity contribution < 1.29 is 0 Å². The van der Waals surface area contributed by atoms with Crippen molar-refractivity contribution in [3.8, 4) is 0 Å². The van der Waals surface area contributed by atoms with Gasteiger partial charge in [0.1, 0.15) is 12.4 Å². The molecule has 6 nitrogen and oxygen atoms in total. The summed E-state index contributed by atoms with van der Waals surface area (Å²) in [5.74, 6) is 3.07. The van der Waals surface area contributed by atoms with Gasteiger partial charge < -0.3 is 15.2 Å². The lowest BCUT2D eigenvalue weighted by atomic mass is 9.88. The minimum absolute atomic E-state index is 0.490. The lowest BCUT2D eigenvalue weighted by molar-refractivity contribution is 0.125. The maximum Gasteiger partial charge on any atom is 0.191 e. The number of likely N-dealkylation sites (tertiary alicyclic amines) is 1. The molecule has 1 aliphatic heterocycles. The van der Waals surface area contributed by atoms with E-state index in [9.17, 15) is 0 Å². The Labute approximate surface area is 179 Å². The zero-order valence-corrected chi connectivity index (χ0v) is 19.1. The van der Waals surface area contributed by atoms with E-state index in [2.05, 4.69) is 76.6 Å². The molecule has 0 radical (unpaired) electrons. The van der Waals surface area contributed by atoms with Crippen LogP contribution in [0.3, 0.4) is 0 Å². The van der Waals surface area contributed by atoms with Crippen molar-refractivity contribution in [2.75, 3.05) is 26.7 Å². The van der Waals surface area contributed by atoms with Crippen LogP contribution in [-0.2, 0) is 13.1 Å². The van der Waals surface area contributed by atoms with Crippen molar-refractivity contribution in [1.82, 2.24) is 25.1 Å². The molecule has 1 fully saturated rings. The van der Waals surface area contributed by atoms with Crippen LogP contribution in [0.5, 0.6) is 0 Å². The minimum Gasteiger partial charge on any atom is -0.357 e. The van der Waals surface area contributed by atoms with Crippen LogP contribution in [0.25, 0.3) is 0 Å². The van der Waals surface area contributed by atoms with Gasteiger partial charge in [-0.1, -0.05) is 19.9 Å². The molecule has 2 atom stereocenters. The SMILES string of the molecule is CCNC(=NCc1nccn1CC(C)C)NCC1CCCN(C)C1c1cccs1. The molecular formula is C22H36N6S. The second-order valence-corrected chi connectivity index (χ2v) is 9.29. The van der Waals surface area contributed by atoms with Gasteiger partial charge in [0.25, 0.3) is 0 Å². The minimum atomic E-state index is 0.490. The maximum atomic E-state index is 4.82. The van der Waals surface area contributed by atoms with Crippen LogP contribution in [0.15, 0.2) is 34.9 Å². The third-order valence-electron chi connectivity index (χ3n) is 5.46. The van der Waals surface area contributed by atoms with E-state index in [1.54, 1.807) is 0 Å². The summed E-state index contributed by atoms with van der Waals surface area (Å²) < 4.78 is 2.21.